The molecule has 17 heavy (non-hydrogen) atoms. The van der Waals surface area contributed by atoms with E-state index in [-0.39, 0.29) is 10.9 Å². The molecular formula is C9H5BF6N-. The summed E-state index contributed by atoms with van der Waals surface area (Å²) < 4.78 is 74.1. The van der Waals surface area contributed by atoms with E-state index in [1.165, 1.54) is 0 Å². The lowest BCUT2D eigenvalue weighted by atomic mass is 9.80. The van der Waals surface area contributed by atoms with Crippen molar-refractivity contribution < 1.29 is 26.1 Å². The fraction of sp³-hybridized carbons (Fsp3) is 0.111. The first kappa shape index (κ1) is 11.9. The van der Waals surface area contributed by atoms with Crippen molar-refractivity contribution in [2.75, 3.05) is 0 Å². The smallest absolute Gasteiger partial charge is 0.445 e. The van der Waals surface area contributed by atoms with Crippen molar-refractivity contribution in [3.63, 3.8) is 0 Å². The first-order valence-electron chi connectivity index (χ1n) is 4.58. The molecule has 1 aromatic heterocycles. The predicted octanol–water partition coefficient (Wildman–Crippen LogP) is 3.24. The van der Waals surface area contributed by atoms with Gasteiger partial charge in [-0.05, 0) is 11.5 Å². The van der Waals surface area contributed by atoms with Crippen molar-refractivity contribution >= 4 is 23.3 Å². The second-order valence-corrected chi connectivity index (χ2v) is 3.60. The Morgan fingerprint density at radius 2 is 1.65 bits per heavy atom. The van der Waals surface area contributed by atoms with Crippen LogP contribution in [0.3, 0.4) is 0 Å². The molecule has 2 aromatic rings. The molecule has 1 nitrogen and oxygen atoms in total. The Morgan fingerprint density at radius 1 is 1.00 bits per heavy atom. The average molecular weight is 252 g/mol. The van der Waals surface area contributed by atoms with Gasteiger partial charge in [0.2, 0.25) is 0 Å². The van der Waals surface area contributed by atoms with E-state index in [9.17, 15) is 26.1 Å². The molecule has 0 saturated carbocycles. The van der Waals surface area contributed by atoms with Crippen LogP contribution >= 0.6 is 0 Å². The fourth-order valence-electron chi connectivity index (χ4n) is 1.50. The van der Waals surface area contributed by atoms with Crippen molar-refractivity contribution in [1.29, 1.82) is 0 Å². The molecule has 1 heterocycles. The number of nitrogens with one attached hydrogen (secondary N) is 1. The molecule has 0 atom stereocenters. The van der Waals surface area contributed by atoms with Gasteiger partial charge in [-0.1, -0.05) is 18.2 Å². The van der Waals surface area contributed by atoms with Crippen molar-refractivity contribution in [2.24, 2.45) is 0 Å². The summed E-state index contributed by atoms with van der Waals surface area (Å²) in [5.41, 5.74) is -2.15. The third kappa shape index (κ3) is 2.25. The van der Waals surface area contributed by atoms with Gasteiger partial charge in [0.05, 0.1) is 0 Å². The number of hydrogen-bond acceptors (Lipinski definition) is 0. The van der Waals surface area contributed by atoms with Crippen LogP contribution in [0.15, 0.2) is 24.3 Å². The van der Waals surface area contributed by atoms with Gasteiger partial charge < -0.3 is 17.9 Å². The third-order valence-corrected chi connectivity index (χ3v) is 2.33. The predicted molar refractivity (Wildman–Crippen MR) is 52.0 cm³/mol. The number of aromatic amines is 1. The molecule has 8 heteroatoms. The number of benzene rings is 1. The Morgan fingerprint density at radius 3 is 2.18 bits per heavy atom. The second-order valence-electron chi connectivity index (χ2n) is 3.60. The second kappa shape index (κ2) is 3.45. The lowest BCUT2D eigenvalue weighted by Gasteiger charge is -2.14. The molecule has 0 aliphatic rings. The molecule has 0 aliphatic heterocycles. The summed E-state index contributed by atoms with van der Waals surface area (Å²) in [5, 5.41) is 0.0983. The monoisotopic (exact) mass is 252 g/mol. The summed E-state index contributed by atoms with van der Waals surface area (Å²) in [6.45, 7) is -5.21. The Balaban J connectivity index is 2.56. The molecule has 0 bridgehead atoms. The van der Waals surface area contributed by atoms with Crippen molar-refractivity contribution in [1.82, 2.24) is 4.98 Å². The highest BCUT2D eigenvalue weighted by Gasteiger charge is 2.33. The zero-order chi connectivity index (χ0) is 12.8. The Labute approximate surface area is 91.5 Å². The van der Waals surface area contributed by atoms with Crippen LogP contribution in [0.5, 0.6) is 0 Å². The molecule has 0 amide bonds. The Hall–Kier alpha value is -1.60. The first-order valence-corrected chi connectivity index (χ1v) is 4.58. The van der Waals surface area contributed by atoms with Crippen LogP contribution in [0.1, 0.15) is 5.69 Å². The minimum absolute atomic E-state index is 0.0983. The van der Waals surface area contributed by atoms with E-state index in [0.29, 0.717) is 6.07 Å². The summed E-state index contributed by atoms with van der Waals surface area (Å²) in [6.07, 6.45) is -4.59. The third-order valence-electron chi connectivity index (χ3n) is 2.33. The van der Waals surface area contributed by atoms with Crippen molar-refractivity contribution in [3.8, 4) is 0 Å². The molecule has 1 aromatic carbocycles. The highest BCUT2D eigenvalue weighted by molar-refractivity contribution is 6.73. The summed E-state index contributed by atoms with van der Waals surface area (Å²) in [4.78, 5) is 1.93. The fourth-order valence-corrected chi connectivity index (χ4v) is 1.50. The van der Waals surface area contributed by atoms with E-state index in [0.717, 1.165) is 18.2 Å². The van der Waals surface area contributed by atoms with Gasteiger partial charge in [0.25, 0.3) is 0 Å². The Bertz CT molecular complexity index is 541. The van der Waals surface area contributed by atoms with Gasteiger partial charge in [-0.25, -0.2) is 0 Å². The molecule has 0 fully saturated rings. The van der Waals surface area contributed by atoms with Crippen LogP contribution in [0, 0.1) is 0 Å². The molecular weight excluding hydrogens is 247 g/mol. The zero-order valence-electron chi connectivity index (χ0n) is 8.15. The van der Waals surface area contributed by atoms with Gasteiger partial charge in [-0.3, -0.25) is 0 Å². The van der Waals surface area contributed by atoms with Crippen LogP contribution in [0.2, 0.25) is 0 Å². The molecule has 0 unspecified atom stereocenters. The zero-order valence-corrected chi connectivity index (χ0v) is 8.15. The molecule has 92 valence electrons. The van der Waals surface area contributed by atoms with E-state index in [2.05, 4.69) is 0 Å². The van der Waals surface area contributed by atoms with Gasteiger partial charge >= 0.3 is 13.2 Å². The van der Waals surface area contributed by atoms with E-state index < -0.39 is 24.3 Å². The number of aromatic nitrogens is 1. The van der Waals surface area contributed by atoms with Crippen molar-refractivity contribution in [3.05, 3.63) is 30.0 Å². The minimum Gasteiger partial charge on any atom is -0.445 e. The highest BCUT2D eigenvalue weighted by Crippen LogP contribution is 2.31. The highest BCUT2D eigenvalue weighted by atomic mass is 19.4. The molecule has 0 radical (unpaired) electrons. The standard InChI is InChI=1S/C9H5BF6N/c11-9(12,13)8-3-5-1-2-6(10(14,15)16)4-7(5)17-8/h1-4,17H/q-1. The van der Waals surface area contributed by atoms with E-state index >= 15 is 0 Å². The summed E-state index contributed by atoms with van der Waals surface area (Å²) in [6, 6.07) is 3.26. The quantitative estimate of drug-likeness (QED) is 0.592. The van der Waals surface area contributed by atoms with E-state index in [4.69, 9.17) is 0 Å². The van der Waals surface area contributed by atoms with Gasteiger partial charge in [0.1, 0.15) is 5.69 Å². The van der Waals surface area contributed by atoms with Gasteiger partial charge in [0, 0.05) is 5.52 Å². The SMILES string of the molecule is F[B-](F)(F)c1ccc2cc(C(F)(F)F)[nH]c2c1. The maximum Gasteiger partial charge on any atom is 0.509 e. The molecule has 0 saturated heterocycles. The number of fused-ring (bicyclic) bond motifs is 1. The Kier molecular flexibility index (Phi) is 2.41. The van der Waals surface area contributed by atoms with Crippen LogP contribution in [0.4, 0.5) is 26.1 Å². The molecule has 0 spiro atoms. The minimum atomic E-state index is -5.21. The van der Waals surface area contributed by atoms with Crippen LogP contribution < -0.4 is 5.46 Å². The maximum absolute atomic E-state index is 12.4. The number of halogens is 6. The molecule has 0 aliphatic carbocycles. The normalized spacial score (nSPS) is 13.3. The number of hydrogen-bond donors (Lipinski definition) is 1. The topological polar surface area (TPSA) is 15.8 Å². The van der Waals surface area contributed by atoms with Gasteiger partial charge in [-0.2, -0.15) is 13.2 Å². The largest absolute Gasteiger partial charge is 0.509 e. The summed E-state index contributed by atoms with van der Waals surface area (Å²) >= 11 is 0. The van der Waals surface area contributed by atoms with Crippen LogP contribution in [-0.2, 0) is 6.18 Å². The lowest BCUT2D eigenvalue weighted by molar-refractivity contribution is -0.140. The molecule has 2 rings (SSSR count). The van der Waals surface area contributed by atoms with Crippen LogP contribution in [-0.4, -0.2) is 12.0 Å². The molecule has 1 N–H and O–H groups in total. The maximum atomic E-state index is 12.4. The van der Waals surface area contributed by atoms with Crippen LogP contribution in [0.25, 0.3) is 10.9 Å². The van der Waals surface area contributed by atoms with E-state index in [1.807, 2.05) is 4.98 Å². The summed E-state index contributed by atoms with van der Waals surface area (Å²) in [7, 11) is 0. The lowest BCUT2D eigenvalue weighted by Crippen LogP contribution is -2.33. The van der Waals surface area contributed by atoms with E-state index in [1.54, 1.807) is 0 Å². The number of alkyl halides is 3. The van der Waals surface area contributed by atoms with Crippen molar-refractivity contribution in [2.45, 2.75) is 6.18 Å². The average Bonchev–Trinajstić information content (AvgIpc) is 2.57. The number of rotatable bonds is 1. The number of H-pyrrole nitrogens is 1. The summed E-state index contributed by atoms with van der Waals surface area (Å²) in [5.74, 6) is 0. The first-order chi connectivity index (χ1) is 7.68. The van der Waals surface area contributed by atoms with Gasteiger partial charge in [-0.15, -0.1) is 5.46 Å². The van der Waals surface area contributed by atoms with Gasteiger partial charge in [0.15, 0.2) is 0 Å².